The van der Waals surface area contributed by atoms with Gasteiger partial charge in [0.05, 0.1) is 29.0 Å². The minimum absolute atomic E-state index is 0.0104. The highest BCUT2D eigenvalue weighted by Gasteiger charge is 2.38. The van der Waals surface area contributed by atoms with Crippen molar-refractivity contribution in [2.75, 3.05) is 6.54 Å². The van der Waals surface area contributed by atoms with Gasteiger partial charge in [-0.25, -0.2) is 9.78 Å². The molecule has 1 amide bonds. The fourth-order valence-corrected chi connectivity index (χ4v) is 5.25. The number of piperidine rings is 1. The molecular weight excluding hydrogens is 428 g/mol. The summed E-state index contributed by atoms with van der Waals surface area (Å²) >= 11 is 0. The third-order valence-corrected chi connectivity index (χ3v) is 6.99. The number of nitrogens with zero attached hydrogens (tertiary/aromatic N) is 6. The van der Waals surface area contributed by atoms with Crippen molar-refractivity contribution in [2.24, 2.45) is 18.4 Å². The molecule has 2 aliphatic heterocycles. The second kappa shape index (κ2) is 7.96. The Balaban J connectivity index is 1.46. The molecule has 34 heavy (non-hydrogen) atoms. The summed E-state index contributed by atoms with van der Waals surface area (Å²) in [5, 5.41) is 4.34. The standard InChI is InChI=1S/C26H34N6O2/c1-16(2)32-14-18(12-27-32)24(33)30-13-17-7-8-19(30)11-20(17)21-9-10-22-23(28-21)29(6)25(34)31(22)15-26(3,4)5/h9-12,14,16-17,19H,7-8,13,15H2,1-6H3. The Labute approximate surface area is 199 Å². The monoisotopic (exact) mass is 462 g/mol. The summed E-state index contributed by atoms with van der Waals surface area (Å²) in [6.07, 6.45) is 7.72. The number of carbonyl (C=O) groups excluding carboxylic acids is 1. The number of aromatic nitrogens is 5. The van der Waals surface area contributed by atoms with E-state index in [0.29, 0.717) is 24.3 Å². The SMILES string of the molecule is CC(C)n1cc(C(=O)N2CC3CCC2C=C3c2ccc3c(n2)n(C)c(=O)n3CC(C)(C)C)cn1. The van der Waals surface area contributed by atoms with Gasteiger partial charge in [0.1, 0.15) is 0 Å². The molecule has 1 saturated heterocycles. The van der Waals surface area contributed by atoms with Crippen LogP contribution < -0.4 is 5.69 Å². The van der Waals surface area contributed by atoms with Crippen LogP contribution in [0.4, 0.5) is 0 Å². The molecule has 3 aromatic heterocycles. The Morgan fingerprint density at radius 2 is 1.97 bits per heavy atom. The second-order valence-electron chi connectivity index (χ2n) is 11.3. The molecule has 8 nitrogen and oxygen atoms in total. The van der Waals surface area contributed by atoms with Crippen molar-refractivity contribution in [3.05, 3.63) is 52.3 Å². The molecule has 2 bridgehead atoms. The first-order valence-electron chi connectivity index (χ1n) is 12.2. The van der Waals surface area contributed by atoms with Crippen LogP contribution in [0.1, 0.15) is 69.6 Å². The number of hydrogen-bond donors (Lipinski definition) is 0. The van der Waals surface area contributed by atoms with E-state index in [0.717, 1.165) is 24.1 Å². The summed E-state index contributed by atoms with van der Waals surface area (Å²) in [7, 11) is 1.79. The van der Waals surface area contributed by atoms with E-state index in [1.165, 1.54) is 5.57 Å². The summed E-state index contributed by atoms with van der Waals surface area (Å²) in [5.41, 5.74) is 4.28. The van der Waals surface area contributed by atoms with Crippen LogP contribution in [0.5, 0.6) is 0 Å². The molecule has 2 atom stereocenters. The molecule has 0 saturated carbocycles. The summed E-state index contributed by atoms with van der Waals surface area (Å²) in [5.74, 6) is 0.287. The zero-order chi connectivity index (χ0) is 24.4. The van der Waals surface area contributed by atoms with Gasteiger partial charge in [0.2, 0.25) is 0 Å². The number of aryl methyl sites for hydroxylation is 1. The maximum atomic E-state index is 13.2. The molecule has 0 N–H and O–H groups in total. The van der Waals surface area contributed by atoms with Crippen molar-refractivity contribution in [1.82, 2.24) is 28.8 Å². The molecular formula is C26H34N6O2. The summed E-state index contributed by atoms with van der Waals surface area (Å²) < 4.78 is 5.30. The second-order valence-corrected chi connectivity index (χ2v) is 11.3. The maximum Gasteiger partial charge on any atom is 0.330 e. The molecule has 0 radical (unpaired) electrons. The predicted octanol–water partition coefficient (Wildman–Crippen LogP) is 3.88. The van der Waals surface area contributed by atoms with Gasteiger partial charge >= 0.3 is 5.69 Å². The lowest BCUT2D eigenvalue weighted by Crippen LogP contribution is -2.49. The Bertz CT molecular complexity index is 1350. The minimum Gasteiger partial charge on any atom is -0.331 e. The highest BCUT2D eigenvalue weighted by atomic mass is 16.2. The lowest BCUT2D eigenvalue weighted by Gasteiger charge is -2.44. The van der Waals surface area contributed by atoms with Crippen LogP contribution in [-0.4, -0.2) is 47.3 Å². The van der Waals surface area contributed by atoms with Gasteiger partial charge in [0.25, 0.3) is 5.91 Å². The molecule has 0 spiro atoms. The zero-order valence-corrected chi connectivity index (χ0v) is 20.9. The van der Waals surface area contributed by atoms with E-state index < -0.39 is 0 Å². The van der Waals surface area contributed by atoms with E-state index in [2.05, 4.69) is 45.8 Å². The largest absolute Gasteiger partial charge is 0.331 e. The maximum absolute atomic E-state index is 13.2. The molecule has 5 heterocycles. The molecule has 2 unspecified atom stereocenters. The number of amides is 1. The van der Waals surface area contributed by atoms with Gasteiger partial charge in [-0.3, -0.25) is 18.6 Å². The van der Waals surface area contributed by atoms with Crippen molar-refractivity contribution in [2.45, 2.75) is 66.1 Å². The number of hydrogen-bond acceptors (Lipinski definition) is 4. The van der Waals surface area contributed by atoms with Crippen molar-refractivity contribution in [3.8, 4) is 0 Å². The number of fused-ring (bicyclic) bond motifs is 3. The highest BCUT2D eigenvalue weighted by molar-refractivity contribution is 5.95. The average Bonchev–Trinajstić information content (AvgIpc) is 3.38. The quantitative estimate of drug-likeness (QED) is 0.590. The van der Waals surface area contributed by atoms with Crippen LogP contribution >= 0.6 is 0 Å². The van der Waals surface area contributed by atoms with Crippen molar-refractivity contribution >= 4 is 22.6 Å². The Kier molecular flexibility index (Phi) is 5.30. The van der Waals surface area contributed by atoms with Crippen LogP contribution in [0, 0.1) is 11.3 Å². The lowest BCUT2D eigenvalue weighted by atomic mass is 9.78. The molecule has 8 heteroatoms. The summed E-state index contributed by atoms with van der Waals surface area (Å²) in [6.45, 7) is 11.8. The molecule has 1 aliphatic carbocycles. The van der Waals surface area contributed by atoms with Gasteiger partial charge in [-0.15, -0.1) is 0 Å². The fourth-order valence-electron chi connectivity index (χ4n) is 5.25. The third kappa shape index (κ3) is 3.79. The molecule has 1 fully saturated rings. The van der Waals surface area contributed by atoms with Gasteiger partial charge < -0.3 is 4.90 Å². The minimum atomic E-state index is -0.0348. The van der Waals surface area contributed by atoms with E-state index in [4.69, 9.17) is 4.98 Å². The first-order valence-corrected chi connectivity index (χ1v) is 12.2. The van der Waals surface area contributed by atoms with Crippen molar-refractivity contribution in [1.29, 1.82) is 0 Å². The van der Waals surface area contributed by atoms with E-state index in [1.807, 2.05) is 32.5 Å². The Morgan fingerprint density at radius 3 is 2.59 bits per heavy atom. The van der Waals surface area contributed by atoms with Crippen LogP contribution in [0.2, 0.25) is 0 Å². The Morgan fingerprint density at radius 1 is 1.21 bits per heavy atom. The van der Waals surface area contributed by atoms with E-state index in [-0.39, 0.29) is 35.0 Å². The number of pyridine rings is 1. The number of imidazole rings is 1. The van der Waals surface area contributed by atoms with Crippen molar-refractivity contribution < 1.29 is 4.79 Å². The normalized spacial score (nSPS) is 20.4. The average molecular weight is 463 g/mol. The molecule has 180 valence electrons. The summed E-state index contributed by atoms with van der Waals surface area (Å²) in [4.78, 5) is 33.0. The van der Waals surface area contributed by atoms with Gasteiger partial charge in [-0.05, 0) is 49.8 Å². The first kappa shape index (κ1) is 22.6. The van der Waals surface area contributed by atoms with Gasteiger partial charge in [-0.1, -0.05) is 26.8 Å². The predicted molar refractivity (Wildman–Crippen MR) is 133 cm³/mol. The highest BCUT2D eigenvalue weighted by Crippen LogP contribution is 2.40. The Hall–Kier alpha value is -3.16. The topological polar surface area (TPSA) is 78.0 Å². The van der Waals surface area contributed by atoms with E-state index in [9.17, 15) is 9.59 Å². The van der Waals surface area contributed by atoms with Gasteiger partial charge in [0.15, 0.2) is 5.65 Å². The number of carbonyl (C=O) groups is 1. The number of rotatable bonds is 4. The van der Waals surface area contributed by atoms with Crippen LogP contribution in [-0.2, 0) is 13.6 Å². The first-order chi connectivity index (χ1) is 16.0. The zero-order valence-electron chi connectivity index (χ0n) is 20.9. The van der Waals surface area contributed by atoms with E-state index in [1.54, 1.807) is 17.8 Å². The lowest BCUT2D eigenvalue weighted by molar-refractivity contribution is 0.0609. The molecule has 3 aliphatic rings. The summed E-state index contributed by atoms with van der Waals surface area (Å²) in [6, 6.07) is 4.34. The molecule has 0 aromatic carbocycles. The smallest absolute Gasteiger partial charge is 0.330 e. The van der Waals surface area contributed by atoms with Crippen LogP contribution in [0.25, 0.3) is 16.7 Å². The molecule has 3 aromatic rings. The van der Waals surface area contributed by atoms with E-state index >= 15 is 0 Å². The van der Waals surface area contributed by atoms with Crippen molar-refractivity contribution in [3.63, 3.8) is 0 Å². The third-order valence-electron chi connectivity index (χ3n) is 6.99. The molecule has 6 rings (SSSR count). The van der Waals surface area contributed by atoms with Gasteiger partial charge in [0, 0.05) is 38.3 Å². The van der Waals surface area contributed by atoms with Crippen LogP contribution in [0.3, 0.4) is 0 Å². The van der Waals surface area contributed by atoms with Gasteiger partial charge in [-0.2, -0.15) is 5.10 Å². The fraction of sp³-hybridized carbons (Fsp3) is 0.538. The van der Waals surface area contributed by atoms with Crippen LogP contribution in [0.15, 0.2) is 35.4 Å².